The van der Waals surface area contributed by atoms with Crippen LogP contribution in [0.3, 0.4) is 0 Å². The van der Waals surface area contributed by atoms with Crippen molar-refractivity contribution in [2.75, 3.05) is 12.3 Å². The Bertz CT molecular complexity index is 214. The van der Waals surface area contributed by atoms with Crippen LogP contribution in [0.15, 0.2) is 0 Å². The number of hydrogen-bond donors (Lipinski definition) is 1. The summed E-state index contributed by atoms with van der Waals surface area (Å²) in [5, 5.41) is 3.05. The van der Waals surface area contributed by atoms with Crippen molar-refractivity contribution in [1.82, 2.24) is 5.32 Å². The van der Waals surface area contributed by atoms with E-state index in [0.717, 1.165) is 6.54 Å². The Kier molecular flexibility index (Phi) is 3.51. The number of carbonyl (C=O) groups is 1. The fourth-order valence-corrected chi connectivity index (χ4v) is 2.75. The molecule has 2 nitrogen and oxygen atoms in total. The molecule has 14 heavy (non-hydrogen) atoms. The first-order valence-corrected chi connectivity index (χ1v) is 6.24. The normalized spacial score (nSPS) is 27.7. The molecule has 0 saturated carbocycles. The molecule has 82 valence electrons. The van der Waals surface area contributed by atoms with Gasteiger partial charge in [0.1, 0.15) is 0 Å². The smallest absolute Gasteiger partial charge is 0.225 e. The van der Waals surface area contributed by atoms with Crippen LogP contribution < -0.4 is 5.32 Å². The van der Waals surface area contributed by atoms with Crippen LogP contribution in [-0.2, 0) is 4.79 Å². The first-order chi connectivity index (χ1) is 6.33. The van der Waals surface area contributed by atoms with Gasteiger partial charge in [0, 0.05) is 16.7 Å². The summed E-state index contributed by atoms with van der Waals surface area (Å²) in [6.07, 6.45) is 2.51. The van der Waals surface area contributed by atoms with Crippen LogP contribution in [0.4, 0.5) is 0 Å². The van der Waals surface area contributed by atoms with Crippen molar-refractivity contribution in [2.45, 2.75) is 45.3 Å². The van der Waals surface area contributed by atoms with Crippen molar-refractivity contribution in [3.8, 4) is 0 Å². The third kappa shape index (κ3) is 3.19. The number of amides is 1. The zero-order valence-electron chi connectivity index (χ0n) is 9.64. The molecule has 1 fully saturated rings. The maximum Gasteiger partial charge on any atom is 0.225 e. The first-order valence-electron chi connectivity index (χ1n) is 5.26. The lowest BCUT2D eigenvalue weighted by molar-refractivity contribution is -0.128. The van der Waals surface area contributed by atoms with E-state index < -0.39 is 0 Å². The Balaban J connectivity index is 2.37. The van der Waals surface area contributed by atoms with Gasteiger partial charge in [-0.2, -0.15) is 11.8 Å². The number of carbonyl (C=O) groups excluding carboxylic acids is 1. The molecule has 1 atom stereocenters. The molecule has 0 radical (unpaired) electrons. The second-order valence-corrected chi connectivity index (χ2v) is 7.02. The summed E-state index contributed by atoms with van der Waals surface area (Å²) in [7, 11) is 0. The maximum atomic E-state index is 11.6. The molecule has 0 aliphatic carbocycles. The van der Waals surface area contributed by atoms with Crippen molar-refractivity contribution in [2.24, 2.45) is 5.41 Å². The highest BCUT2D eigenvalue weighted by Crippen LogP contribution is 2.37. The van der Waals surface area contributed by atoms with E-state index in [-0.39, 0.29) is 16.1 Å². The molecule has 1 rings (SSSR count). The van der Waals surface area contributed by atoms with E-state index >= 15 is 0 Å². The molecule has 0 aromatic rings. The minimum absolute atomic E-state index is 0.159. The van der Waals surface area contributed by atoms with E-state index in [1.807, 2.05) is 32.5 Å². The van der Waals surface area contributed by atoms with Gasteiger partial charge in [-0.1, -0.05) is 20.8 Å². The fourth-order valence-electron chi connectivity index (χ4n) is 1.51. The average molecular weight is 215 g/mol. The van der Waals surface area contributed by atoms with Crippen LogP contribution >= 0.6 is 11.8 Å². The van der Waals surface area contributed by atoms with E-state index in [4.69, 9.17) is 0 Å². The third-order valence-corrected chi connectivity index (χ3v) is 4.14. The quantitative estimate of drug-likeness (QED) is 0.766. The van der Waals surface area contributed by atoms with Crippen LogP contribution in [0.25, 0.3) is 0 Å². The van der Waals surface area contributed by atoms with Gasteiger partial charge in [-0.3, -0.25) is 4.79 Å². The van der Waals surface area contributed by atoms with Crippen molar-refractivity contribution < 1.29 is 4.79 Å². The molecule has 1 unspecified atom stereocenters. The zero-order chi connectivity index (χ0) is 10.8. The molecule has 0 spiro atoms. The molecular weight excluding hydrogens is 194 g/mol. The van der Waals surface area contributed by atoms with Crippen LogP contribution in [-0.4, -0.2) is 23.0 Å². The summed E-state index contributed by atoms with van der Waals surface area (Å²) in [5.41, 5.74) is -0.264. The van der Waals surface area contributed by atoms with Gasteiger partial charge in [0.25, 0.3) is 0 Å². The van der Waals surface area contributed by atoms with Gasteiger partial charge in [0.2, 0.25) is 5.91 Å². The molecule has 1 amide bonds. The van der Waals surface area contributed by atoms with Gasteiger partial charge in [0.15, 0.2) is 0 Å². The molecule has 3 heteroatoms. The standard InChI is InChI=1S/C11H21NOS/c1-10(2,3)9(13)12-8-11(4)6-5-7-14-11/h5-8H2,1-4H3,(H,12,13). The summed E-state index contributed by atoms with van der Waals surface area (Å²) < 4.78 is 0.279. The predicted octanol–water partition coefficient (Wildman–Crippen LogP) is 2.43. The van der Waals surface area contributed by atoms with Crippen LogP contribution in [0, 0.1) is 5.41 Å². The van der Waals surface area contributed by atoms with Crippen molar-refractivity contribution in [3.63, 3.8) is 0 Å². The van der Waals surface area contributed by atoms with E-state index in [1.54, 1.807) is 0 Å². The zero-order valence-corrected chi connectivity index (χ0v) is 10.5. The Morgan fingerprint density at radius 2 is 2.14 bits per heavy atom. The van der Waals surface area contributed by atoms with Gasteiger partial charge in [-0.25, -0.2) is 0 Å². The predicted molar refractivity (Wildman–Crippen MR) is 62.6 cm³/mol. The lowest BCUT2D eigenvalue weighted by Crippen LogP contribution is -2.42. The molecule has 1 heterocycles. The van der Waals surface area contributed by atoms with Gasteiger partial charge < -0.3 is 5.32 Å². The number of hydrogen-bond acceptors (Lipinski definition) is 2. The number of rotatable bonds is 2. The van der Waals surface area contributed by atoms with E-state index in [0.29, 0.717) is 0 Å². The molecule has 1 N–H and O–H groups in total. The number of thioether (sulfide) groups is 1. The molecular formula is C11H21NOS. The highest BCUT2D eigenvalue weighted by atomic mass is 32.2. The van der Waals surface area contributed by atoms with Crippen LogP contribution in [0.2, 0.25) is 0 Å². The summed E-state index contributed by atoms with van der Waals surface area (Å²) in [5.74, 6) is 1.40. The minimum atomic E-state index is -0.264. The summed E-state index contributed by atoms with van der Waals surface area (Å²) >= 11 is 1.98. The fraction of sp³-hybridized carbons (Fsp3) is 0.909. The number of nitrogens with one attached hydrogen (secondary N) is 1. The Hall–Kier alpha value is -0.180. The van der Waals surface area contributed by atoms with Crippen LogP contribution in [0.1, 0.15) is 40.5 Å². The first kappa shape index (κ1) is 11.9. The lowest BCUT2D eigenvalue weighted by Gasteiger charge is -2.26. The molecule has 0 aromatic heterocycles. The third-order valence-electron chi connectivity index (χ3n) is 2.60. The van der Waals surface area contributed by atoms with E-state index in [1.165, 1.54) is 18.6 Å². The van der Waals surface area contributed by atoms with Gasteiger partial charge in [-0.15, -0.1) is 0 Å². The van der Waals surface area contributed by atoms with Gasteiger partial charge in [-0.05, 0) is 25.5 Å². The van der Waals surface area contributed by atoms with Crippen molar-refractivity contribution >= 4 is 17.7 Å². The Morgan fingerprint density at radius 3 is 2.57 bits per heavy atom. The largest absolute Gasteiger partial charge is 0.354 e. The Labute approximate surface area is 91.2 Å². The van der Waals surface area contributed by atoms with E-state index in [9.17, 15) is 4.79 Å². The highest BCUT2D eigenvalue weighted by molar-refractivity contribution is 8.00. The highest BCUT2D eigenvalue weighted by Gasteiger charge is 2.31. The average Bonchev–Trinajstić information content (AvgIpc) is 2.47. The molecule has 1 saturated heterocycles. The Morgan fingerprint density at radius 1 is 1.50 bits per heavy atom. The molecule has 0 aromatic carbocycles. The molecule has 1 aliphatic heterocycles. The van der Waals surface area contributed by atoms with Gasteiger partial charge in [0.05, 0.1) is 0 Å². The summed E-state index contributed by atoms with van der Waals surface area (Å²) in [6, 6.07) is 0. The second-order valence-electron chi connectivity index (χ2n) is 5.33. The topological polar surface area (TPSA) is 29.1 Å². The monoisotopic (exact) mass is 215 g/mol. The maximum absolute atomic E-state index is 11.6. The van der Waals surface area contributed by atoms with Gasteiger partial charge >= 0.3 is 0 Å². The molecule has 1 aliphatic rings. The second kappa shape index (κ2) is 4.13. The van der Waals surface area contributed by atoms with Crippen molar-refractivity contribution in [3.05, 3.63) is 0 Å². The SMILES string of the molecule is CC1(CNC(=O)C(C)(C)C)CCCS1. The summed E-state index contributed by atoms with van der Waals surface area (Å²) in [4.78, 5) is 11.6. The minimum Gasteiger partial charge on any atom is -0.354 e. The lowest BCUT2D eigenvalue weighted by atomic mass is 9.95. The van der Waals surface area contributed by atoms with E-state index in [2.05, 4.69) is 12.2 Å². The molecule has 0 bridgehead atoms. The van der Waals surface area contributed by atoms with Crippen LogP contribution in [0.5, 0.6) is 0 Å². The summed E-state index contributed by atoms with van der Waals surface area (Å²) in [6.45, 7) is 8.91. The van der Waals surface area contributed by atoms with Crippen molar-refractivity contribution in [1.29, 1.82) is 0 Å².